The van der Waals surface area contributed by atoms with Gasteiger partial charge < -0.3 is 20.1 Å². The summed E-state index contributed by atoms with van der Waals surface area (Å²) >= 11 is 0. The summed E-state index contributed by atoms with van der Waals surface area (Å²) < 4.78 is 23.9. The Morgan fingerprint density at radius 3 is 2.46 bits per heavy atom. The van der Waals surface area contributed by atoms with Crippen LogP contribution in [0.5, 0.6) is 11.5 Å². The van der Waals surface area contributed by atoms with Crippen LogP contribution in [0.3, 0.4) is 0 Å². The third-order valence-corrected chi connectivity index (χ3v) is 3.69. The molecule has 7 nitrogen and oxygen atoms in total. The van der Waals surface area contributed by atoms with Crippen LogP contribution in [-0.2, 0) is 9.59 Å². The highest BCUT2D eigenvalue weighted by atomic mass is 19.1. The summed E-state index contributed by atoms with van der Waals surface area (Å²) in [6.07, 6.45) is 0. The number of amides is 2. The van der Waals surface area contributed by atoms with Crippen LogP contribution in [-0.4, -0.2) is 57.1 Å². The summed E-state index contributed by atoms with van der Waals surface area (Å²) in [5, 5.41) is 5.31. The van der Waals surface area contributed by atoms with E-state index < -0.39 is 5.82 Å². The minimum atomic E-state index is -0.430. The van der Waals surface area contributed by atoms with Crippen molar-refractivity contribution in [2.45, 2.75) is 0 Å². The quantitative estimate of drug-likeness (QED) is 0.607. The Morgan fingerprint density at radius 2 is 1.75 bits per heavy atom. The molecule has 8 heteroatoms. The zero-order valence-corrected chi connectivity index (χ0v) is 15.9. The molecule has 0 spiro atoms. The first kappa shape index (κ1) is 21.2. The van der Waals surface area contributed by atoms with Crippen LogP contribution in [0.15, 0.2) is 48.5 Å². The zero-order chi connectivity index (χ0) is 20.4. The van der Waals surface area contributed by atoms with Gasteiger partial charge in [0, 0.05) is 5.69 Å². The molecule has 150 valence electrons. The number of likely N-dealkylation sites (N-methyl/N-ethyl adjacent to an activating group) is 1. The van der Waals surface area contributed by atoms with Gasteiger partial charge in [-0.2, -0.15) is 0 Å². The van der Waals surface area contributed by atoms with Gasteiger partial charge in [-0.15, -0.1) is 0 Å². The number of hydrogen-bond donors (Lipinski definition) is 2. The average Bonchev–Trinajstić information content (AvgIpc) is 2.65. The summed E-state index contributed by atoms with van der Waals surface area (Å²) in [5.41, 5.74) is 0.372. The maximum Gasteiger partial charge on any atom is 0.238 e. The first-order valence-electron chi connectivity index (χ1n) is 8.74. The highest BCUT2D eigenvalue weighted by molar-refractivity contribution is 5.92. The van der Waals surface area contributed by atoms with Gasteiger partial charge in [0.1, 0.15) is 12.4 Å². The molecular formula is C20H24FN3O4. The maximum absolute atomic E-state index is 13.1. The van der Waals surface area contributed by atoms with E-state index in [1.54, 1.807) is 37.3 Å². The van der Waals surface area contributed by atoms with Crippen molar-refractivity contribution in [3.05, 3.63) is 54.3 Å². The molecule has 0 fully saturated rings. The van der Waals surface area contributed by atoms with Gasteiger partial charge in [-0.05, 0) is 37.4 Å². The molecule has 0 heterocycles. The number of para-hydroxylation sites is 2. The molecule has 0 aliphatic heterocycles. The molecule has 2 aromatic carbocycles. The van der Waals surface area contributed by atoms with Crippen molar-refractivity contribution in [3.63, 3.8) is 0 Å². The highest BCUT2D eigenvalue weighted by Crippen LogP contribution is 2.25. The molecule has 0 bridgehead atoms. The Morgan fingerprint density at radius 1 is 1.04 bits per heavy atom. The number of halogens is 1. The SMILES string of the molecule is COc1ccccc1OCCNC(=O)CN(C)CC(=O)Nc1cccc(F)c1. The third-order valence-electron chi connectivity index (χ3n) is 3.69. The largest absolute Gasteiger partial charge is 0.493 e. The molecule has 28 heavy (non-hydrogen) atoms. The summed E-state index contributed by atoms with van der Waals surface area (Å²) in [7, 11) is 3.21. The first-order chi connectivity index (χ1) is 13.5. The highest BCUT2D eigenvalue weighted by Gasteiger charge is 2.11. The van der Waals surface area contributed by atoms with Crippen molar-refractivity contribution in [1.82, 2.24) is 10.2 Å². The van der Waals surface area contributed by atoms with Gasteiger partial charge in [-0.3, -0.25) is 14.5 Å². The van der Waals surface area contributed by atoms with E-state index in [9.17, 15) is 14.0 Å². The van der Waals surface area contributed by atoms with E-state index in [1.165, 1.54) is 18.2 Å². The van der Waals surface area contributed by atoms with E-state index in [0.717, 1.165) is 0 Å². The molecule has 0 atom stereocenters. The number of benzene rings is 2. The summed E-state index contributed by atoms with van der Waals surface area (Å²) in [6, 6.07) is 12.9. The van der Waals surface area contributed by atoms with Crippen LogP contribution >= 0.6 is 0 Å². The van der Waals surface area contributed by atoms with Gasteiger partial charge in [-0.25, -0.2) is 4.39 Å². The predicted octanol–water partition coefficient (Wildman–Crippen LogP) is 1.90. The lowest BCUT2D eigenvalue weighted by Crippen LogP contribution is -2.40. The standard InChI is InChI=1S/C20H24FN3O4/c1-24(14-20(26)23-16-7-5-6-15(21)12-16)13-19(25)22-10-11-28-18-9-4-3-8-17(18)27-2/h3-9,12H,10-11,13-14H2,1-2H3,(H,22,25)(H,23,26). The molecule has 0 radical (unpaired) electrons. The van der Waals surface area contributed by atoms with Gasteiger partial charge in [0.15, 0.2) is 11.5 Å². The van der Waals surface area contributed by atoms with Crippen LogP contribution in [0.4, 0.5) is 10.1 Å². The van der Waals surface area contributed by atoms with Gasteiger partial charge in [0.2, 0.25) is 11.8 Å². The van der Waals surface area contributed by atoms with E-state index in [1.807, 2.05) is 12.1 Å². The van der Waals surface area contributed by atoms with Gasteiger partial charge in [-0.1, -0.05) is 18.2 Å². The lowest BCUT2D eigenvalue weighted by Gasteiger charge is -2.16. The number of carbonyl (C=O) groups excluding carboxylic acids is 2. The summed E-state index contributed by atoms with van der Waals surface area (Å²) in [4.78, 5) is 25.5. The van der Waals surface area contributed by atoms with Crippen molar-refractivity contribution < 1.29 is 23.5 Å². The Balaban J connectivity index is 1.65. The Labute approximate surface area is 163 Å². The topological polar surface area (TPSA) is 79.9 Å². The fourth-order valence-electron chi connectivity index (χ4n) is 2.46. The molecular weight excluding hydrogens is 365 g/mol. The molecule has 2 N–H and O–H groups in total. The number of nitrogens with zero attached hydrogens (tertiary/aromatic N) is 1. The van der Waals surface area contributed by atoms with Crippen LogP contribution < -0.4 is 20.1 Å². The smallest absolute Gasteiger partial charge is 0.238 e. The molecule has 0 saturated heterocycles. The molecule has 2 amide bonds. The normalized spacial score (nSPS) is 10.4. The lowest BCUT2D eigenvalue weighted by atomic mass is 10.3. The third kappa shape index (κ3) is 7.24. The van der Waals surface area contributed by atoms with Gasteiger partial charge in [0.25, 0.3) is 0 Å². The fourth-order valence-corrected chi connectivity index (χ4v) is 2.46. The van der Waals surface area contributed by atoms with Crippen molar-refractivity contribution >= 4 is 17.5 Å². The molecule has 0 aromatic heterocycles. The minimum absolute atomic E-state index is 0.00163. The number of anilines is 1. The molecule has 2 aromatic rings. The summed E-state index contributed by atoms with van der Waals surface area (Å²) in [6.45, 7) is 0.656. The van der Waals surface area contributed by atoms with Crippen LogP contribution in [0, 0.1) is 5.82 Å². The van der Waals surface area contributed by atoms with E-state index in [-0.39, 0.29) is 31.5 Å². The molecule has 0 saturated carbocycles. The number of methoxy groups -OCH3 is 1. The van der Waals surface area contributed by atoms with Gasteiger partial charge in [0.05, 0.1) is 26.7 Å². The number of hydrogen-bond acceptors (Lipinski definition) is 5. The second-order valence-corrected chi connectivity index (χ2v) is 6.08. The molecule has 0 unspecified atom stereocenters. The number of nitrogens with one attached hydrogen (secondary N) is 2. The van der Waals surface area contributed by atoms with Crippen LogP contribution in [0.2, 0.25) is 0 Å². The lowest BCUT2D eigenvalue weighted by molar-refractivity contribution is -0.123. The van der Waals surface area contributed by atoms with Crippen molar-refractivity contribution in [3.8, 4) is 11.5 Å². The van der Waals surface area contributed by atoms with E-state index in [2.05, 4.69) is 10.6 Å². The minimum Gasteiger partial charge on any atom is -0.493 e. The van der Waals surface area contributed by atoms with Crippen LogP contribution in [0.25, 0.3) is 0 Å². The van der Waals surface area contributed by atoms with Crippen LogP contribution in [0.1, 0.15) is 0 Å². The molecule has 2 rings (SSSR count). The van der Waals surface area contributed by atoms with E-state index in [4.69, 9.17) is 9.47 Å². The number of carbonyl (C=O) groups is 2. The van der Waals surface area contributed by atoms with Crippen molar-refractivity contribution in [2.24, 2.45) is 0 Å². The Kier molecular flexibility index (Phi) is 8.23. The monoisotopic (exact) mass is 389 g/mol. The zero-order valence-electron chi connectivity index (χ0n) is 15.9. The average molecular weight is 389 g/mol. The molecule has 0 aliphatic rings. The van der Waals surface area contributed by atoms with E-state index >= 15 is 0 Å². The Hall–Kier alpha value is -3.13. The summed E-state index contributed by atoms with van der Waals surface area (Å²) in [5.74, 6) is 0.231. The number of ether oxygens (including phenoxy) is 2. The van der Waals surface area contributed by atoms with E-state index in [0.29, 0.717) is 23.7 Å². The fraction of sp³-hybridized carbons (Fsp3) is 0.300. The Bertz CT molecular complexity index is 801. The first-order valence-corrected chi connectivity index (χ1v) is 8.74. The molecule has 0 aliphatic carbocycles. The number of rotatable bonds is 10. The maximum atomic E-state index is 13.1. The van der Waals surface area contributed by atoms with Crippen molar-refractivity contribution in [2.75, 3.05) is 45.7 Å². The van der Waals surface area contributed by atoms with Gasteiger partial charge >= 0.3 is 0 Å². The second kappa shape index (κ2) is 10.9. The van der Waals surface area contributed by atoms with Crippen molar-refractivity contribution in [1.29, 1.82) is 0 Å². The second-order valence-electron chi connectivity index (χ2n) is 6.08. The predicted molar refractivity (Wildman–Crippen MR) is 104 cm³/mol.